The van der Waals surface area contributed by atoms with E-state index in [4.69, 9.17) is 11.6 Å². The van der Waals surface area contributed by atoms with Crippen LogP contribution in [0.3, 0.4) is 0 Å². The highest BCUT2D eigenvalue weighted by molar-refractivity contribution is 9.10. The van der Waals surface area contributed by atoms with E-state index >= 15 is 0 Å². The molecule has 1 atom stereocenters. The topological polar surface area (TPSA) is 0 Å². The molecule has 3 heteroatoms. The summed E-state index contributed by atoms with van der Waals surface area (Å²) < 4.78 is 1.11. The van der Waals surface area contributed by atoms with Crippen LogP contribution in [-0.2, 0) is 12.8 Å². The van der Waals surface area contributed by atoms with Gasteiger partial charge in [0.1, 0.15) is 0 Å². The van der Waals surface area contributed by atoms with Gasteiger partial charge in [-0.3, -0.25) is 0 Å². The van der Waals surface area contributed by atoms with Gasteiger partial charge in [0, 0.05) is 9.35 Å². The zero-order valence-electron chi connectivity index (χ0n) is 9.62. The third kappa shape index (κ3) is 3.34. The van der Waals surface area contributed by atoms with Gasteiger partial charge in [-0.1, -0.05) is 35.0 Å². The number of hydrogen-bond donors (Lipinski definition) is 0. The van der Waals surface area contributed by atoms with E-state index in [0.717, 1.165) is 17.3 Å². The molecule has 0 amide bonds. The Morgan fingerprint density at radius 2 is 2.18 bits per heavy atom. The smallest absolute Gasteiger partial charge is 0.0721 e. The Morgan fingerprint density at radius 1 is 1.35 bits per heavy atom. The highest BCUT2D eigenvalue weighted by atomic mass is 79.9. The van der Waals surface area contributed by atoms with Crippen molar-refractivity contribution in [2.45, 2.75) is 25.1 Å². The molecule has 2 rings (SSSR count). The molecule has 1 aromatic heterocycles. The average Bonchev–Trinajstić information content (AvgIpc) is 2.77. The summed E-state index contributed by atoms with van der Waals surface area (Å²) in [5, 5.41) is 2.21. The first-order chi connectivity index (χ1) is 8.20. The minimum absolute atomic E-state index is 0.0826. The van der Waals surface area contributed by atoms with Crippen LogP contribution >= 0.6 is 38.9 Å². The number of hydrogen-bond acceptors (Lipinski definition) is 1. The van der Waals surface area contributed by atoms with Crippen LogP contribution in [-0.4, -0.2) is 0 Å². The Morgan fingerprint density at radius 3 is 2.88 bits per heavy atom. The molecule has 17 heavy (non-hydrogen) atoms. The van der Waals surface area contributed by atoms with Gasteiger partial charge in [-0.25, -0.2) is 0 Å². The van der Waals surface area contributed by atoms with Crippen LogP contribution < -0.4 is 0 Å². The number of benzene rings is 1. The largest absolute Gasteiger partial charge is 0.147 e. The lowest BCUT2D eigenvalue weighted by Crippen LogP contribution is -1.96. The molecule has 0 spiro atoms. The summed E-state index contributed by atoms with van der Waals surface area (Å²) in [5.74, 6) is 0. The molecule has 2 aromatic rings. The molecule has 1 aromatic carbocycles. The molecule has 0 N–H and O–H groups in total. The molecule has 0 aliphatic carbocycles. The summed E-state index contributed by atoms with van der Waals surface area (Å²) in [6.07, 6.45) is 1.94. The van der Waals surface area contributed by atoms with Crippen molar-refractivity contribution in [2.24, 2.45) is 0 Å². The second-order valence-electron chi connectivity index (χ2n) is 3.97. The van der Waals surface area contributed by atoms with Gasteiger partial charge < -0.3 is 0 Å². The van der Waals surface area contributed by atoms with Crippen molar-refractivity contribution in [3.8, 4) is 0 Å². The Labute approximate surface area is 120 Å². The molecule has 0 radical (unpaired) electrons. The summed E-state index contributed by atoms with van der Waals surface area (Å²) >= 11 is 11.8. The van der Waals surface area contributed by atoms with E-state index in [9.17, 15) is 0 Å². The van der Waals surface area contributed by atoms with Crippen LogP contribution in [0.1, 0.15) is 28.3 Å². The quantitative estimate of drug-likeness (QED) is 0.641. The van der Waals surface area contributed by atoms with E-state index in [2.05, 4.69) is 52.5 Å². The second kappa shape index (κ2) is 6.03. The maximum atomic E-state index is 6.51. The lowest BCUT2D eigenvalue weighted by Gasteiger charge is -2.10. The number of halogens is 2. The summed E-state index contributed by atoms with van der Waals surface area (Å²) in [6, 6.07) is 10.5. The molecule has 0 bridgehead atoms. The van der Waals surface area contributed by atoms with Gasteiger partial charge in [0.25, 0.3) is 0 Å². The Kier molecular flexibility index (Phi) is 4.66. The van der Waals surface area contributed by atoms with Gasteiger partial charge in [-0.15, -0.1) is 22.9 Å². The third-order valence-corrected chi connectivity index (χ3v) is 4.82. The minimum atomic E-state index is 0.0826. The van der Waals surface area contributed by atoms with Gasteiger partial charge in [0.05, 0.1) is 5.38 Å². The Balaban J connectivity index is 2.14. The van der Waals surface area contributed by atoms with Crippen LogP contribution in [0.5, 0.6) is 0 Å². The molecule has 1 unspecified atom stereocenters. The SMILES string of the molecule is CCc1ccsc1C(Cl)Cc1cccc(Br)c1. The van der Waals surface area contributed by atoms with E-state index in [1.165, 1.54) is 16.0 Å². The van der Waals surface area contributed by atoms with Gasteiger partial charge in [-0.2, -0.15) is 0 Å². The molecule has 0 fully saturated rings. The fourth-order valence-electron chi connectivity index (χ4n) is 1.88. The van der Waals surface area contributed by atoms with Crippen LogP contribution in [0.25, 0.3) is 0 Å². The average molecular weight is 330 g/mol. The van der Waals surface area contributed by atoms with Gasteiger partial charge in [-0.05, 0) is 47.5 Å². The molecular weight excluding hydrogens is 316 g/mol. The zero-order valence-corrected chi connectivity index (χ0v) is 12.8. The lowest BCUT2D eigenvalue weighted by molar-refractivity contribution is 0.918. The molecule has 0 saturated carbocycles. The predicted octanol–water partition coefficient (Wildman–Crippen LogP) is 5.60. The summed E-state index contributed by atoms with van der Waals surface area (Å²) in [5.41, 5.74) is 2.65. The van der Waals surface area contributed by atoms with Crippen molar-refractivity contribution in [3.63, 3.8) is 0 Å². The van der Waals surface area contributed by atoms with E-state index in [0.29, 0.717) is 0 Å². The normalized spacial score (nSPS) is 12.6. The predicted molar refractivity (Wildman–Crippen MR) is 80.1 cm³/mol. The van der Waals surface area contributed by atoms with E-state index in [1.54, 1.807) is 11.3 Å². The summed E-state index contributed by atoms with van der Waals surface area (Å²) in [7, 11) is 0. The fourth-order valence-corrected chi connectivity index (χ4v) is 3.77. The minimum Gasteiger partial charge on any atom is -0.147 e. The number of aryl methyl sites for hydroxylation is 1. The standard InChI is InChI=1S/C14H14BrClS/c1-2-11-6-7-17-14(11)13(16)9-10-4-3-5-12(15)8-10/h3-8,13H,2,9H2,1H3. The second-order valence-corrected chi connectivity index (χ2v) is 6.36. The molecular formula is C14H14BrClS. The van der Waals surface area contributed by atoms with Crippen molar-refractivity contribution in [3.05, 3.63) is 56.2 Å². The molecule has 0 nitrogen and oxygen atoms in total. The van der Waals surface area contributed by atoms with Crippen LogP contribution in [0.15, 0.2) is 40.2 Å². The monoisotopic (exact) mass is 328 g/mol. The first kappa shape index (κ1) is 13.1. The van der Waals surface area contributed by atoms with E-state index < -0.39 is 0 Å². The van der Waals surface area contributed by atoms with Gasteiger partial charge >= 0.3 is 0 Å². The maximum absolute atomic E-state index is 6.51. The van der Waals surface area contributed by atoms with Crippen molar-refractivity contribution >= 4 is 38.9 Å². The summed E-state index contributed by atoms with van der Waals surface area (Å²) in [6.45, 7) is 2.17. The highest BCUT2D eigenvalue weighted by Crippen LogP contribution is 2.32. The van der Waals surface area contributed by atoms with Crippen LogP contribution in [0, 0.1) is 0 Å². The third-order valence-electron chi connectivity index (χ3n) is 2.75. The summed E-state index contributed by atoms with van der Waals surface area (Å²) in [4.78, 5) is 1.31. The number of thiophene rings is 1. The molecule has 0 saturated heterocycles. The van der Waals surface area contributed by atoms with Crippen molar-refractivity contribution in [1.82, 2.24) is 0 Å². The van der Waals surface area contributed by atoms with Gasteiger partial charge in [0.2, 0.25) is 0 Å². The van der Waals surface area contributed by atoms with Crippen LogP contribution in [0.2, 0.25) is 0 Å². The molecule has 90 valence electrons. The first-order valence-corrected chi connectivity index (χ1v) is 7.76. The van der Waals surface area contributed by atoms with E-state index in [-0.39, 0.29) is 5.38 Å². The van der Waals surface area contributed by atoms with Gasteiger partial charge in [0.15, 0.2) is 0 Å². The molecule has 0 aliphatic heterocycles. The van der Waals surface area contributed by atoms with E-state index in [1.807, 2.05) is 6.07 Å². The van der Waals surface area contributed by atoms with Crippen molar-refractivity contribution in [2.75, 3.05) is 0 Å². The first-order valence-electron chi connectivity index (χ1n) is 5.65. The maximum Gasteiger partial charge on any atom is 0.0721 e. The zero-order chi connectivity index (χ0) is 12.3. The highest BCUT2D eigenvalue weighted by Gasteiger charge is 2.14. The number of rotatable bonds is 4. The molecule has 0 aliphatic rings. The van der Waals surface area contributed by atoms with Crippen LogP contribution in [0.4, 0.5) is 0 Å². The number of alkyl halides is 1. The lowest BCUT2D eigenvalue weighted by atomic mass is 10.1. The fraction of sp³-hybridized carbons (Fsp3) is 0.286. The molecule has 1 heterocycles. The Hall–Kier alpha value is -0.310. The Bertz CT molecular complexity index is 492. The van der Waals surface area contributed by atoms with Crippen molar-refractivity contribution < 1.29 is 0 Å². The van der Waals surface area contributed by atoms with Crippen molar-refractivity contribution in [1.29, 1.82) is 0 Å².